The van der Waals surface area contributed by atoms with Crippen molar-refractivity contribution in [2.24, 2.45) is 0 Å². The Morgan fingerprint density at radius 2 is 1.87 bits per heavy atom. The predicted octanol–water partition coefficient (Wildman–Crippen LogP) is 5.71. The molecular weight excluding hydrogens is 388 g/mol. The quantitative estimate of drug-likeness (QED) is 0.434. The molecule has 1 heterocycles. The van der Waals surface area contributed by atoms with Gasteiger partial charge in [0.1, 0.15) is 29.2 Å². The van der Waals surface area contributed by atoms with Crippen molar-refractivity contribution in [1.29, 1.82) is 5.26 Å². The summed E-state index contributed by atoms with van der Waals surface area (Å²) in [7, 11) is 1.40. The van der Waals surface area contributed by atoms with Gasteiger partial charge in [-0.15, -0.1) is 0 Å². The SMILES string of the molecule is COc1cc(F)c(Oc2ccccc2)cc1/C=C(/C#N)c1nc2ccc(F)cc2[nH]1. The van der Waals surface area contributed by atoms with Crippen LogP contribution in [-0.4, -0.2) is 17.1 Å². The second-order valence-corrected chi connectivity index (χ2v) is 6.36. The summed E-state index contributed by atoms with van der Waals surface area (Å²) in [6.07, 6.45) is 1.50. The van der Waals surface area contributed by atoms with Crippen molar-refractivity contribution in [1.82, 2.24) is 9.97 Å². The highest BCUT2D eigenvalue weighted by Crippen LogP contribution is 2.33. The molecule has 0 fully saturated rings. The van der Waals surface area contributed by atoms with Crippen LogP contribution < -0.4 is 9.47 Å². The molecule has 30 heavy (non-hydrogen) atoms. The van der Waals surface area contributed by atoms with Crippen molar-refractivity contribution in [3.63, 3.8) is 0 Å². The number of benzene rings is 3. The Balaban J connectivity index is 1.77. The number of imidazole rings is 1. The molecule has 0 saturated heterocycles. The molecule has 1 aromatic heterocycles. The molecule has 7 heteroatoms. The van der Waals surface area contributed by atoms with Crippen molar-refractivity contribution in [2.75, 3.05) is 7.11 Å². The number of ether oxygens (including phenoxy) is 2. The van der Waals surface area contributed by atoms with Crippen molar-refractivity contribution >= 4 is 22.7 Å². The molecule has 0 unspecified atom stereocenters. The number of halogens is 2. The number of aromatic nitrogens is 2. The van der Waals surface area contributed by atoms with E-state index in [9.17, 15) is 14.0 Å². The first-order valence-electron chi connectivity index (χ1n) is 8.95. The van der Waals surface area contributed by atoms with E-state index in [1.54, 1.807) is 24.3 Å². The molecule has 1 N–H and O–H groups in total. The Bertz CT molecular complexity index is 1290. The van der Waals surface area contributed by atoms with Gasteiger partial charge in [-0.3, -0.25) is 0 Å². The number of H-pyrrole nitrogens is 1. The molecule has 0 aliphatic carbocycles. The maximum absolute atomic E-state index is 14.5. The first-order chi connectivity index (χ1) is 14.6. The van der Waals surface area contributed by atoms with Crippen LogP contribution in [0, 0.1) is 23.0 Å². The number of nitriles is 1. The van der Waals surface area contributed by atoms with Gasteiger partial charge in [-0.1, -0.05) is 18.2 Å². The summed E-state index contributed by atoms with van der Waals surface area (Å²) in [5.74, 6) is -0.0833. The lowest BCUT2D eigenvalue weighted by Gasteiger charge is -2.11. The molecule has 0 radical (unpaired) electrons. The third-order valence-electron chi connectivity index (χ3n) is 4.37. The maximum Gasteiger partial charge on any atom is 0.169 e. The number of allylic oxidation sites excluding steroid dienone is 1. The Morgan fingerprint density at radius 1 is 1.07 bits per heavy atom. The fourth-order valence-corrected chi connectivity index (χ4v) is 2.95. The van der Waals surface area contributed by atoms with Crippen LogP contribution in [0.2, 0.25) is 0 Å². The van der Waals surface area contributed by atoms with Gasteiger partial charge in [0.2, 0.25) is 0 Å². The van der Waals surface area contributed by atoms with Crippen LogP contribution in [0.5, 0.6) is 17.2 Å². The zero-order valence-electron chi connectivity index (χ0n) is 15.8. The van der Waals surface area contributed by atoms with Crippen LogP contribution in [0.4, 0.5) is 8.78 Å². The zero-order valence-corrected chi connectivity index (χ0v) is 15.8. The van der Waals surface area contributed by atoms with Crippen LogP contribution in [0.15, 0.2) is 60.7 Å². The highest BCUT2D eigenvalue weighted by Gasteiger charge is 2.14. The topological polar surface area (TPSA) is 70.9 Å². The average molecular weight is 403 g/mol. The molecule has 3 aromatic carbocycles. The number of rotatable bonds is 5. The first-order valence-corrected chi connectivity index (χ1v) is 8.95. The Kier molecular flexibility index (Phi) is 5.14. The van der Waals surface area contributed by atoms with Crippen molar-refractivity contribution in [2.45, 2.75) is 0 Å². The van der Waals surface area contributed by atoms with E-state index in [0.717, 1.165) is 0 Å². The van der Waals surface area contributed by atoms with Gasteiger partial charge in [0, 0.05) is 11.6 Å². The number of hydrogen-bond donors (Lipinski definition) is 1. The monoisotopic (exact) mass is 403 g/mol. The fourth-order valence-electron chi connectivity index (χ4n) is 2.95. The summed E-state index contributed by atoms with van der Waals surface area (Å²) in [4.78, 5) is 7.25. The van der Waals surface area contributed by atoms with Crippen molar-refractivity contribution in [3.8, 4) is 23.3 Å². The fraction of sp³-hybridized carbons (Fsp3) is 0.0435. The summed E-state index contributed by atoms with van der Waals surface area (Å²) >= 11 is 0. The third kappa shape index (κ3) is 3.84. The molecular formula is C23H15F2N3O2. The van der Waals surface area contributed by atoms with Gasteiger partial charge in [0.15, 0.2) is 11.6 Å². The highest BCUT2D eigenvalue weighted by atomic mass is 19.1. The molecule has 0 saturated carbocycles. The molecule has 0 aliphatic rings. The van der Waals surface area contributed by atoms with Crippen LogP contribution in [0.3, 0.4) is 0 Å². The predicted molar refractivity (Wildman–Crippen MR) is 109 cm³/mol. The summed E-state index contributed by atoms with van der Waals surface area (Å²) in [5, 5.41) is 9.64. The standard InChI is InChI=1S/C23H15F2N3O2/c1-29-21-12-18(25)22(30-17-5-3-2-4-6-17)10-14(21)9-15(13-26)23-27-19-8-7-16(24)11-20(19)28-23/h2-12H,1H3,(H,27,28)/b15-9-. The van der Waals surface area contributed by atoms with E-state index < -0.39 is 11.6 Å². The number of nitrogens with zero attached hydrogens (tertiary/aromatic N) is 2. The molecule has 0 atom stereocenters. The first kappa shape index (κ1) is 19.2. The van der Waals surface area contributed by atoms with E-state index in [0.29, 0.717) is 22.3 Å². The molecule has 0 spiro atoms. The number of aromatic amines is 1. The molecule has 4 aromatic rings. The number of fused-ring (bicyclic) bond motifs is 1. The summed E-state index contributed by atoms with van der Waals surface area (Å²) in [5.41, 5.74) is 1.58. The number of hydrogen-bond acceptors (Lipinski definition) is 4. The molecule has 148 valence electrons. The molecule has 0 amide bonds. The van der Waals surface area contributed by atoms with Crippen LogP contribution in [0.25, 0.3) is 22.7 Å². The minimum atomic E-state index is -0.606. The number of methoxy groups -OCH3 is 1. The third-order valence-corrected chi connectivity index (χ3v) is 4.37. The molecule has 4 rings (SSSR count). The number of para-hydroxylation sites is 1. The smallest absolute Gasteiger partial charge is 0.169 e. The lowest BCUT2D eigenvalue weighted by Crippen LogP contribution is -1.94. The van der Waals surface area contributed by atoms with Crippen LogP contribution in [0.1, 0.15) is 11.4 Å². The summed E-state index contributed by atoms with van der Waals surface area (Å²) in [6, 6.07) is 17.6. The van der Waals surface area contributed by atoms with Gasteiger partial charge in [0.25, 0.3) is 0 Å². The van der Waals surface area contributed by atoms with Gasteiger partial charge in [-0.25, -0.2) is 13.8 Å². The minimum absolute atomic E-state index is 0.0165. The Labute approximate surface area is 170 Å². The summed E-state index contributed by atoms with van der Waals surface area (Å²) in [6.45, 7) is 0. The highest BCUT2D eigenvalue weighted by molar-refractivity contribution is 5.91. The van der Waals surface area contributed by atoms with Gasteiger partial charge in [-0.2, -0.15) is 5.26 Å². The lowest BCUT2D eigenvalue weighted by atomic mass is 10.1. The van der Waals surface area contributed by atoms with Crippen molar-refractivity contribution in [3.05, 3.63) is 83.7 Å². The van der Waals surface area contributed by atoms with Crippen LogP contribution >= 0.6 is 0 Å². The Hall–Kier alpha value is -4.18. The van der Waals surface area contributed by atoms with Gasteiger partial charge >= 0.3 is 0 Å². The molecule has 0 bridgehead atoms. The normalized spacial score (nSPS) is 11.3. The molecule has 5 nitrogen and oxygen atoms in total. The second-order valence-electron chi connectivity index (χ2n) is 6.36. The lowest BCUT2D eigenvalue weighted by molar-refractivity contribution is 0.401. The molecule has 0 aliphatic heterocycles. The van der Waals surface area contributed by atoms with Crippen LogP contribution in [-0.2, 0) is 0 Å². The maximum atomic E-state index is 14.5. The Morgan fingerprint density at radius 3 is 2.60 bits per heavy atom. The van der Waals surface area contributed by atoms with Crippen molar-refractivity contribution < 1.29 is 18.3 Å². The number of nitrogens with one attached hydrogen (secondary N) is 1. The average Bonchev–Trinajstić information content (AvgIpc) is 3.17. The minimum Gasteiger partial charge on any atom is -0.496 e. The largest absolute Gasteiger partial charge is 0.496 e. The van der Waals surface area contributed by atoms with E-state index in [-0.39, 0.29) is 22.9 Å². The van der Waals surface area contributed by atoms with E-state index in [2.05, 4.69) is 16.0 Å². The zero-order chi connectivity index (χ0) is 21.1. The van der Waals surface area contributed by atoms with E-state index in [1.165, 1.54) is 43.5 Å². The second kappa shape index (κ2) is 8.05. The van der Waals surface area contributed by atoms with E-state index in [1.807, 2.05) is 6.07 Å². The van der Waals surface area contributed by atoms with Gasteiger partial charge in [-0.05, 0) is 42.5 Å². The summed E-state index contributed by atoms with van der Waals surface area (Å²) < 4.78 is 38.8. The van der Waals surface area contributed by atoms with Gasteiger partial charge < -0.3 is 14.5 Å². The van der Waals surface area contributed by atoms with E-state index in [4.69, 9.17) is 9.47 Å². The van der Waals surface area contributed by atoms with E-state index >= 15 is 0 Å². The van der Waals surface area contributed by atoms with Gasteiger partial charge in [0.05, 0.1) is 23.7 Å².